The van der Waals surface area contributed by atoms with Crippen molar-refractivity contribution in [2.24, 2.45) is 5.92 Å². The highest BCUT2D eigenvalue weighted by Crippen LogP contribution is 2.29. The van der Waals surface area contributed by atoms with Crippen LogP contribution in [0.15, 0.2) is 18.2 Å². The van der Waals surface area contributed by atoms with Gasteiger partial charge in [-0.25, -0.2) is 0 Å². The van der Waals surface area contributed by atoms with Crippen LogP contribution in [0.3, 0.4) is 0 Å². The fourth-order valence-corrected chi connectivity index (χ4v) is 2.88. The summed E-state index contributed by atoms with van der Waals surface area (Å²) in [6.45, 7) is 6.57. The van der Waals surface area contributed by atoms with E-state index >= 15 is 0 Å². The number of nitrogens with zero attached hydrogens (tertiary/aromatic N) is 1. The molecular weight excluding hydrogens is 340 g/mol. The Morgan fingerprint density at radius 3 is 2.52 bits per heavy atom. The maximum Gasteiger partial charge on any atom is 0.253 e. The molecule has 0 spiro atoms. The van der Waals surface area contributed by atoms with E-state index in [1.165, 1.54) is 0 Å². The zero-order valence-electron chi connectivity index (χ0n) is 15.7. The standard InChI is InChI=1S/C19H30N2O3.ClH/c1-14(2)9-12-24-17-6-5-15(13-18(17)23-4)19(22)21-10-7-16(20-3)8-11-21;/h5-6,13-14,16,20H,7-12H2,1-4H3;1H. The smallest absolute Gasteiger partial charge is 0.253 e. The number of halogens is 1. The highest BCUT2D eigenvalue weighted by Gasteiger charge is 2.23. The molecule has 0 bridgehead atoms. The normalized spacial score (nSPS) is 15.0. The molecule has 142 valence electrons. The van der Waals surface area contributed by atoms with Crippen LogP contribution in [0.5, 0.6) is 11.5 Å². The van der Waals surface area contributed by atoms with E-state index in [0.717, 1.165) is 32.4 Å². The summed E-state index contributed by atoms with van der Waals surface area (Å²) in [4.78, 5) is 14.6. The molecule has 1 amide bonds. The molecule has 1 aliphatic rings. The summed E-state index contributed by atoms with van der Waals surface area (Å²) in [6, 6.07) is 5.98. The summed E-state index contributed by atoms with van der Waals surface area (Å²) in [6.07, 6.45) is 2.98. The van der Waals surface area contributed by atoms with Gasteiger partial charge in [-0.15, -0.1) is 12.4 Å². The Balaban J connectivity index is 0.00000312. The zero-order valence-corrected chi connectivity index (χ0v) is 16.5. The molecule has 0 aliphatic carbocycles. The lowest BCUT2D eigenvalue weighted by atomic mass is 10.0. The van der Waals surface area contributed by atoms with Crippen molar-refractivity contribution >= 4 is 18.3 Å². The molecule has 0 unspecified atom stereocenters. The Morgan fingerprint density at radius 2 is 1.96 bits per heavy atom. The summed E-state index contributed by atoms with van der Waals surface area (Å²) >= 11 is 0. The van der Waals surface area contributed by atoms with Gasteiger partial charge >= 0.3 is 0 Å². The third-order valence-corrected chi connectivity index (χ3v) is 4.55. The highest BCUT2D eigenvalue weighted by molar-refractivity contribution is 5.95. The highest BCUT2D eigenvalue weighted by atomic mass is 35.5. The number of methoxy groups -OCH3 is 1. The van der Waals surface area contributed by atoms with Gasteiger partial charge in [0.2, 0.25) is 0 Å². The van der Waals surface area contributed by atoms with Gasteiger partial charge in [-0.1, -0.05) is 13.8 Å². The predicted molar refractivity (Wildman–Crippen MR) is 103 cm³/mol. The second-order valence-electron chi connectivity index (χ2n) is 6.75. The first-order valence-corrected chi connectivity index (χ1v) is 8.82. The fourth-order valence-electron chi connectivity index (χ4n) is 2.88. The van der Waals surface area contributed by atoms with E-state index in [-0.39, 0.29) is 18.3 Å². The van der Waals surface area contributed by atoms with Crippen LogP contribution in [0, 0.1) is 5.92 Å². The van der Waals surface area contributed by atoms with Crippen molar-refractivity contribution in [1.29, 1.82) is 0 Å². The summed E-state index contributed by atoms with van der Waals surface area (Å²) in [7, 11) is 3.59. The van der Waals surface area contributed by atoms with Crippen molar-refractivity contribution in [2.75, 3.05) is 33.9 Å². The minimum atomic E-state index is 0. The summed E-state index contributed by atoms with van der Waals surface area (Å²) in [5.41, 5.74) is 0.658. The second kappa shape index (κ2) is 10.5. The molecule has 0 atom stereocenters. The third kappa shape index (κ3) is 6.08. The van der Waals surface area contributed by atoms with Gasteiger partial charge < -0.3 is 19.7 Å². The van der Waals surface area contributed by atoms with Gasteiger partial charge in [-0.3, -0.25) is 4.79 Å². The minimum absolute atomic E-state index is 0. The average Bonchev–Trinajstić information content (AvgIpc) is 2.61. The van der Waals surface area contributed by atoms with Crippen LogP contribution in [-0.4, -0.2) is 50.7 Å². The molecule has 0 saturated carbocycles. The van der Waals surface area contributed by atoms with Crippen LogP contribution in [0.4, 0.5) is 0 Å². The van der Waals surface area contributed by atoms with Crippen molar-refractivity contribution < 1.29 is 14.3 Å². The minimum Gasteiger partial charge on any atom is -0.493 e. The van der Waals surface area contributed by atoms with Crippen LogP contribution in [0.25, 0.3) is 0 Å². The number of rotatable bonds is 7. The van der Waals surface area contributed by atoms with Gasteiger partial charge in [-0.2, -0.15) is 0 Å². The monoisotopic (exact) mass is 370 g/mol. The van der Waals surface area contributed by atoms with E-state index in [4.69, 9.17) is 9.47 Å². The molecule has 1 saturated heterocycles. The number of carbonyl (C=O) groups excluding carboxylic acids is 1. The fraction of sp³-hybridized carbons (Fsp3) is 0.632. The van der Waals surface area contributed by atoms with Gasteiger partial charge in [0.05, 0.1) is 13.7 Å². The Kier molecular flexibility index (Phi) is 9.08. The number of ether oxygens (including phenoxy) is 2. The van der Waals surface area contributed by atoms with Crippen molar-refractivity contribution in [3.8, 4) is 11.5 Å². The maximum absolute atomic E-state index is 12.7. The molecule has 1 heterocycles. The van der Waals surface area contributed by atoms with Crippen LogP contribution in [0.2, 0.25) is 0 Å². The predicted octanol–water partition coefficient (Wildman–Crippen LogP) is 3.37. The third-order valence-electron chi connectivity index (χ3n) is 4.55. The first-order valence-electron chi connectivity index (χ1n) is 8.82. The van der Waals surface area contributed by atoms with Crippen LogP contribution < -0.4 is 14.8 Å². The molecule has 1 aromatic rings. The van der Waals surface area contributed by atoms with Crippen molar-refractivity contribution in [3.63, 3.8) is 0 Å². The van der Waals surface area contributed by atoms with E-state index in [0.29, 0.717) is 35.6 Å². The van der Waals surface area contributed by atoms with Gasteiger partial charge in [0, 0.05) is 24.7 Å². The molecule has 1 aliphatic heterocycles. The van der Waals surface area contributed by atoms with Crippen LogP contribution >= 0.6 is 12.4 Å². The van der Waals surface area contributed by atoms with Crippen LogP contribution in [-0.2, 0) is 0 Å². The lowest BCUT2D eigenvalue weighted by Crippen LogP contribution is -2.43. The number of amides is 1. The van der Waals surface area contributed by atoms with Gasteiger partial charge in [0.1, 0.15) is 0 Å². The summed E-state index contributed by atoms with van der Waals surface area (Å²) in [5, 5.41) is 3.28. The van der Waals surface area contributed by atoms with E-state index in [1.807, 2.05) is 24.1 Å². The maximum atomic E-state index is 12.7. The van der Waals surface area contributed by atoms with Gasteiger partial charge in [0.15, 0.2) is 11.5 Å². The Bertz CT molecular complexity index is 543. The number of likely N-dealkylation sites (tertiary alicyclic amines) is 1. The second-order valence-corrected chi connectivity index (χ2v) is 6.75. The van der Waals surface area contributed by atoms with Crippen molar-refractivity contribution in [3.05, 3.63) is 23.8 Å². The first kappa shape index (κ1) is 21.6. The number of piperidine rings is 1. The first-order chi connectivity index (χ1) is 11.5. The SMILES string of the molecule is CNC1CCN(C(=O)c2ccc(OCCC(C)C)c(OC)c2)CC1.Cl. The number of carbonyl (C=O) groups is 1. The van der Waals surface area contributed by atoms with Gasteiger partial charge in [-0.05, 0) is 50.4 Å². The molecule has 1 aromatic carbocycles. The van der Waals surface area contributed by atoms with Gasteiger partial charge in [0.25, 0.3) is 5.91 Å². The molecular formula is C19H31ClN2O3. The molecule has 6 heteroatoms. The largest absolute Gasteiger partial charge is 0.493 e. The number of nitrogens with one attached hydrogen (secondary N) is 1. The lowest BCUT2D eigenvalue weighted by molar-refractivity contribution is 0.0707. The molecule has 1 fully saturated rings. The lowest BCUT2D eigenvalue weighted by Gasteiger charge is -2.32. The Labute approximate surface area is 157 Å². The van der Waals surface area contributed by atoms with Crippen molar-refractivity contribution in [1.82, 2.24) is 10.2 Å². The Morgan fingerprint density at radius 1 is 1.28 bits per heavy atom. The summed E-state index contributed by atoms with van der Waals surface area (Å²) in [5.74, 6) is 1.98. The molecule has 2 rings (SSSR count). The van der Waals surface area contributed by atoms with Crippen molar-refractivity contribution in [2.45, 2.75) is 39.2 Å². The number of hydrogen-bond donors (Lipinski definition) is 1. The molecule has 1 N–H and O–H groups in total. The molecule has 0 radical (unpaired) electrons. The Hall–Kier alpha value is -1.46. The number of benzene rings is 1. The van der Waals surface area contributed by atoms with E-state index in [1.54, 1.807) is 13.2 Å². The zero-order chi connectivity index (χ0) is 17.5. The van der Waals surface area contributed by atoms with E-state index < -0.39 is 0 Å². The average molecular weight is 371 g/mol. The molecule has 5 nitrogen and oxygen atoms in total. The topological polar surface area (TPSA) is 50.8 Å². The molecule has 25 heavy (non-hydrogen) atoms. The van der Waals surface area contributed by atoms with E-state index in [9.17, 15) is 4.79 Å². The quantitative estimate of drug-likeness (QED) is 0.799. The number of hydrogen-bond acceptors (Lipinski definition) is 4. The summed E-state index contributed by atoms with van der Waals surface area (Å²) < 4.78 is 11.2. The van der Waals surface area contributed by atoms with E-state index in [2.05, 4.69) is 19.2 Å². The van der Waals surface area contributed by atoms with Crippen LogP contribution in [0.1, 0.15) is 43.5 Å². The molecule has 0 aromatic heterocycles.